The van der Waals surface area contributed by atoms with Gasteiger partial charge in [-0.3, -0.25) is 9.52 Å². The van der Waals surface area contributed by atoms with Gasteiger partial charge in [0.25, 0.3) is 15.9 Å². The Morgan fingerprint density at radius 3 is 2.48 bits per heavy atom. The number of nitrogens with one attached hydrogen (secondary N) is 2. The fraction of sp³-hybridized carbons (Fsp3) is 0.286. The zero-order valence-electron chi connectivity index (χ0n) is 16.2. The summed E-state index contributed by atoms with van der Waals surface area (Å²) in [6.07, 6.45) is 1.58. The van der Waals surface area contributed by atoms with Crippen molar-refractivity contribution in [3.63, 3.8) is 0 Å². The van der Waals surface area contributed by atoms with Crippen LogP contribution in [0.25, 0.3) is 0 Å². The number of sulfonamides is 1. The van der Waals surface area contributed by atoms with Crippen molar-refractivity contribution in [1.29, 1.82) is 0 Å². The number of hydrogen-bond acceptors (Lipinski definition) is 3. The van der Waals surface area contributed by atoms with Gasteiger partial charge in [0.2, 0.25) is 0 Å². The lowest BCUT2D eigenvalue weighted by atomic mass is 9.87. The van der Waals surface area contributed by atoms with E-state index in [9.17, 15) is 13.2 Å². The van der Waals surface area contributed by atoms with Crippen molar-refractivity contribution in [2.75, 3.05) is 11.3 Å². The molecular weight excluding hydrogens is 360 g/mol. The van der Waals surface area contributed by atoms with Crippen molar-refractivity contribution in [3.8, 4) is 0 Å². The molecule has 2 aromatic carbocycles. The number of carbonyl (C=O) groups excluding carboxylic acids is 1. The zero-order valence-corrected chi connectivity index (χ0v) is 17.0. The highest BCUT2D eigenvalue weighted by atomic mass is 32.2. The molecule has 27 heavy (non-hydrogen) atoms. The highest BCUT2D eigenvalue weighted by molar-refractivity contribution is 7.92. The molecule has 0 aliphatic carbocycles. The van der Waals surface area contributed by atoms with E-state index in [4.69, 9.17) is 0 Å². The SMILES string of the molecule is C=CCNC(=O)c1cccc(NS(=O)(=O)c2cc(C(C)(C)C)ccc2C)c1. The molecule has 0 heterocycles. The molecule has 0 spiro atoms. The average molecular weight is 387 g/mol. The lowest BCUT2D eigenvalue weighted by molar-refractivity contribution is 0.0958. The van der Waals surface area contributed by atoms with Crippen LogP contribution in [-0.2, 0) is 15.4 Å². The van der Waals surface area contributed by atoms with E-state index in [1.54, 1.807) is 37.3 Å². The van der Waals surface area contributed by atoms with Crippen molar-refractivity contribution >= 4 is 21.6 Å². The van der Waals surface area contributed by atoms with Gasteiger partial charge in [0.1, 0.15) is 0 Å². The van der Waals surface area contributed by atoms with Crippen LogP contribution < -0.4 is 10.0 Å². The second-order valence-corrected chi connectivity index (χ2v) is 9.07. The first-order chi connectivity index (χ1) is 12.5. The quantitative estimate of drug-likeness (QED) is 0.737. The van der Waals surface area contributed by atoms with Crippen LogP contribution in [0.2, 0.25) is 0 Å². The summed E-state index contributed by atoms with van der Waals surface area (Å²) in [6.45, 7) is 11.8. The van der Waals surface area contributed by atoms with Crippen LogP contribution in [0.3, 0.4) is 0 Å². The smallest absolute Gasteiger partial charge is 0.262 e. The predicted octanol–water partition coefficient (Wildman–Crippen LogP) is 4.01. The highest BCUT2D eigenvalue weighted by Gasteiger charge is 2.22. The molecule has 0 atom stereocenters. The van der Waals surface area contributed by atoms with E-state index < -0.39 is 10.0 Å². The van der Waals surface area contributed by atoms with E-state index in [2.05, 4.69) is 16.6 Å². The molecule has 6 heteroatoms. The number of carbonyl (C=O) groups is 1. The molecule has 0 aromatic heterocycles. The molecule has 2 rings (SSSR count). The lowest BCUT2D eigenvalue weighted by Crippen LogP contribution is -2.23. The first-order valence-electron chi connectivity index (χ1n) is 8.68. The van der Waals surface area contributed by atoms with Gasteiger partial charge in [-0.25, -0.2) is 8.42 Å². The molecule has 0 aliphatic rings. The van der Waals surface area contributed by atoms with Crippen molar-refractivity contribution in [2.45, 2.75) is 38.0 Å². The van der Waals surface area contributed by atoms with Crippen molar-refractivity contribution in [3.05, 3.63) is 71.8 Å². The molecule has 5 nitrogen and oxygen atoms in total. The molecule has 0 bridgehead atoms. The monoisotopic (exact) mass is 386 g/mol. The van der Waals surface area contributed by atoms with Crippen LogP contribution in [0.5, 0.6) is 0 Å². The highest BCUT2D eigenvalue weighted by Crippen LogP contribution is 2.28. The summed E-state index contributed by atoms with van der Waals surface area (Å²) in [5, 5.41) is 2.67. The minimum Gasteiger partial charge on any atom is -0.349 e. The van der Waals surface area contributed by atoms with Crippen LogP contribution in [0, 0.1) is 6.92 Å². The molecule has 0 fully saturated rings. The Hall–Kier alpha value is -2.60. The van der Waals surface area contributed by atoms with Crippen LogP contribution in [0.1, 0.15) is 42.3 Å². The number of rotatable bonds is 6. The van der Waals surface area contributed by atoms with Gasteiger partial charge in [0, 0.05) is 17.8 Å². The van der Waals surface area contributed by atoms with Gasteiger partial charge < -0.3 is 5.32 Å². The summed E-state index contributed by atoms with van der Waals surface area (Å²) in [5.41, 5.74) is 2.14. The predicted molar refractivity (Wildman–Crippen MR) is 110 cm³/mol. The van der Waals surface area contributed by atoms with Gasteiger partial charge in [0.15, 0.2) is 0 Å². The van der Waals surface area contributed by atoms with E-state index >= 15 is 0 Å². The standard InChI is InChI=1S/C21H26N2O3S/c1-6-12-22-20(24)16-8-7-9-18(13-16)23-27(25,26)19-14-17(21(3,4)5)11-10-15(19)2/h6-11,13-14,23H,1,12H2,2-5H3,(H,22,24). The van der Waals surface area contributed by atoms with E-state index in [-0.39, 0.29) is 16.2 Å². The van der Waals surface area contributed by atoms with E-state index in [0.717, 1.165) is 5.56 Å². The minimum atomic E-state index is -3.78. The third-order valence-corrected chi connectivity index (χ3v) is 5.65. The number of benzene rings is 2. The molecule has 0 saturated carbocycles. The number of anilines is 1. The molecule has 2 N–H and O–H groups in total. The number of amides is 1. The third kappa shape index (κ3) is 5.20. The van der Waals surface area contributed by atoms with Crippen LogP contribution in [0.4, 0.5) is 5.69 Å². The number of hydrogen-bond donors (Lipinski definition) is 2. The second-order valence-electron chi connectivity index (χ2n) is 7.42. The minimum absolute atomic E-state index is 0.166. The second kappa shape index (κ2) is 7.96. The molecular formula is C21H26N2O3S. The van der Waals surface area contributed by atoms with Crippen molar-refractivity contribution in [1.82, 2.24) is 5.32 Å². The van der Waals surface area contributed by atoms with Gasteiger partial charge in [-0.1, -0.05) is 45.0 Å². The maximum Gasteiger partial charge on any atom is 0.262 e. The summed E-state index contributed by atoms with van der Waals surface area (Å²) < 4.78 is 28.4. The summed E-state index contributed by atoms with van der Waals surface area (Å²) in [7, 11) is -3.78. The summed E-state index contributed by atoms with van der Waals surface area (Å²) in [5.74, 6) is -0.290. The third-order valence-electron chi connectivity index (χ3n) is 4.13. The van der Waals surface area contributed by atoms with Crippen LogP contribution >= 0.6 is 0 Å². The molecule has 0 radical (unpaired) electrons. The van der Waals surface area contributed by atoms with Crippen molar-refractivity contribution < 1.29 is 13.2 Å². The summed E-state index contributed by atoms with van der Waals surface area (Å²) in [4.78, 5) is 12.3. The van der Waals surface area contributed by atoms with E-state index in [1.807, 2.05) is 32.9 Å². The van der Waals surface area contributed by atoms with Crippen molar-refractivity contribution in [2.24, 2.45) is 0 Å². The Morgan fingerprint density at radius 2 is 1.85 bits per heavy atom. The molecule has 0 saturated heterocycles. The van der Waals surface area contributed by atoms with Gasteiger partial charge >= 0.3 is 0 Å². The maximum atomic E-state index is 12.9. The Bertz CT molecular complexity index is 958. The average Bonchev–Trinajstić information content (AvgIpc) is 2.58. The molecule has 144 valence electrons. The summed E-state index contributed by atoms with van der Waals surface area (Å²) >= 11 is 0. The Balaban J connectivity index is 2.34. The van der Waals surface area contributed by atoms with Gasteiger partial charge in [-0.05, 0) is 47.7 Å². The first kappa shape index (κ1) is 20.7. The van der Waals surface area contributed by atoms with Gasteiger partial charge in [-0.2, -0.15) is 0 Å². The van der Waals surface area contributed by atoms with E-state index in [1.165, 1.54) is 6.07 Å². The lowest BCUT2D eigenvalue weighted by Gasteiger charge is -2.21. The fourth-order valence-electron chi connectivity index (χ4n) is 2.56. The molecule has 2 aromatic rings. The van der Waals surface area contributed by atoms with Crippen LogP contribution in [-0.4, -0.2) is 20.9 Å². The summed E-state index contributed by atoms with van der Waals surface area (Å²) in [6, 6.07) is 11.9. The molecule has 1 amide bonds. The Morgan fingerprint density at radius 1 is 1.15 bits per heavy atom. The fourth-order valence-corrected chi connectivity index (χ4v) is 3.88. The molecule has 0 unspecified atom stereocenters. The van der Waals surface area contributed by atoms with Gasteiger partial charge in [0.05, 0.1) is 4.90 Å². The topological polar surface area (TPSA) is 75.3 Å². The van der Waals surface area contributed by atoms with Crippen LogP contribution in [0.15, 0.2) is 60.0 Å². The normalized spacial score (nSPS) is 11.7. The van der Waals surface area contributed by atoms with Gasteiger partial charge in [-0.15, -0.1) is 6.58 Å². The Labute approximate surface area is 161 Å². The number of aryl methyl sites for hydroxylation is 1. The largest absolute Gasteiger partial charge is 0.349 e. The Kier molecular flexibility index (Phi) is 6.11. The maximum absolute atomic E-state index is 12.9. The van der Waals surface area contributed by atoms with E-state index in [0.29, 0.717) is 23.4 Å². The zero-order chi connectivity index (χ0) is 20.2. The first-order valence-corrected chi connectivity index (χ1v) is 10.2. The molecule has 0 aliphatic heterocycles.